The molecular formula is C14H15BrO3S. The van der Waals surface area contributed by atoms with E-state index in [1.165, 1.54) is 0 Å². The molecule has 2 aromatic rings. The highest BCUT2D eigenvalue weighted by Crippen LogP contribution is 2.36. The molecule has 0 saturated heterocycles. The van der Waals surface area contributed by atoms with Crippen LogP contribution in [-0.4, -0.2) is 19.3 Å². The fraction of sp³-hybridized carbons (Fsp3) is 0.286. The lowest BCUT2D eigenvalue weighted by Crippen LogP contribution is -2.05. The highest BCUT2D eigenvalue weighted by molar-refractivity contribution is 9.11. The number of hydrogen-bond donors (Lipinski definition) is 1. The van der Waals surface area contributed by atoms with Crippen LogP contribution < -0.4 is 9.47 Å². The summed E-state index contributed by atoms with van der Waals surface area (Å²) < 4.78 is 11.7. The summed E-state index contributed by atoms with van der Waals surface area (Å²) >= 11 is 5.03. The van der Waals surface area contributed by atoms with Crippen LogP contribution in [-0.2, 0) is 6.42 Å². The summed E-state index contributed by atoms with van der Waals surface area (Å²) in [6.45, 7) is 0. The van der Waals surface area contributed by atoms with E-state index < -0.39 is 6.10 Å². The predicted octanol–water partition coefficient (Wildman–Crippen LogP) is 3.80. The maximum absolute atomic E-state index is 10.4. The van der Waals surface area contributed by atoms with E-state index in [-0.39, 0.29) is 0 Å². The van der Waals surface area contributed by atoms with Crippen LogP contribution >= 0.6 is 27.3 Å². The largest absolute Gasteiger partial charge is 0.496 e. The van der Waals surface area contributed by atoms with Gasteiger partial charge in [0.25, 0.3) is 0 Å². The van der Waals surface area contributed by atoms with Gasteiger partial charge in [-0.05, 0) is 40.2 Å². The van der Waals surface area contributed by atoms with Crippen LogP contribution in [0.3, 0.4) is 0 Å². The fourth-order valence-electron chi connectivity index (χ4n) is 1.96. The van der Waals surface area contributed by atoms with Crippen molar-refractivity contribution in [2.75, 3.05) is 14.2 Å². The molecule has 1 N–H and O–H groups in total. The van der Waals surface area contributed by atoms with Gasteiger partial charge >= 0.3 is 0 Å². The lowest BCUT2D eigenvalue weighted by molar-refractivity contribution is 0.170. The molecule has 0 radical (unpaired) electrons. The molecular weight excluding hydrogens is 328 g/mol. The number of aliphatic hydroxyl groups is 1. The van der Waals surface area contributed by atoms with E-state index in [4.69, 9.17) is 9.47 Å². The molecule has 0 amide bonds. The zero-order chi connectivity index (χ0) is 13.8. The smallest absolute Gasteiger partial charge is 0.128 e. The van der Waals surface area contributed by atoms with E-state index >= 15 is 0 Å². The summed E-state index contributed by atoms with van der Waals surface area (Å²) in [6, 6.07) is 9.47. The number of halogens is 1. The SMILES string of the molecule is COc1cccc(OC)c1C(O)Cc1ccc(Br)s1. The van der Waals surface area contributed by atoms with Crippen molar-refractivity contribution in [3.8, 4) is 11.5 Å². The molecule has 0 bridgehead atoms. The summed E-state index contributed by atoms with van der Waals surface area (Å²) in [5.41, 5.74) is 0.692. The van der Waals surface area contributed by atoms with E-state index in [1.54, 1.807) is 25.6 Å². The van der Waals surface area contributed by atoms with Gasteiger partial charge in [-0.2, -0.15) is 0 Å². The van der Waals surface area contributed by atoms with Gasteiger partial charge in [0.15, 0.2) is 0 Å². The number of thiophene rings is 1. The molecule has 1 heterocycles. The molecule has 0 fully saturated rings. The zero-order valence-electron chi connectivity index (χ0n) is 10.7. The Morgan fingerprint density at radius 3 is 2.26 bits per heavy atom. The fourth-order valence-corrected chi connectivity index (χ4v) is 3.48. The number of rotatable bonds is 5. The quantitative estimate of drug-likeness (QED) is 0.897. The van der Waals surface area contributed by atoms with Crippen LogP contribution in [0.4, 0.5) is 0 Å². The highest BCUT2D eigenvalue weighted by atomic mass is 79.9. The Hall–Kier alpha value is -1.04. The second-order valence-corrected chi connectivity index (χ2v) is 6.55. The summed E-state index contributed by atoms with van der Waals surface area (Å²) in [6.07, 6.45) is -0.121. The van der Waals surface area contributed by atoms with E-state index in [0.29, 0.717) is 23.5 Å². The number of hydrogen-bond acceptors (Lipinski definition) is 4. The molecule has 0 aliphatic rings. The Kier molecular flexibility index (Phi) is 4.85. The Bertz CT molecular complexity index is 531. The molecule has 0 aliphatic heterocycles. The first-order valence-electron chi connectivity index (χ1n) is 5.79. The average molecular weight is 343 g/mol. The molecule has 1 aromatic heterocycles. The van der Waals surface area contributed by atoms with Crippen LogP contribution in [0.25, 0.3) is 0 Å². The van der Waals surface area contributed by atoms with Gasteiger partial charge in [-0.15, -0.1) is 11.3 Å². The van der Waals surface area contributed by atoms with Crippen molar-refractivity contribution in [3.63, 3.8) is 0 Å². The topological polar surface area (TPSA) is 38.7 Å². The molecule has 102 valence electrons. The van der Waals surface area contributed by atoms with Crippen LogP contribution in [0, 0.1) is 0 Å². The molecule has 0 spiro atoms. The van der Waals surface area contributed by atoms with Gasteiger partial charge in [-0.25, -0.2) is 0 Å². The van der Waals surface area contributed by atoms with Gasteiger partial charge in [0.2, 0.25) is 0 Å². The molecule has 3 nitrogen and oxygen atoms in total. The number of aliphatic hydroxyl groups excluding tert-OH is 1. The molecule has 5 heteroatoms. The lowest BCUT2D eigenvalue weighted by Gasteiger charge is -2.17. The Balaban J connectivity index is 2.29. The van der Waals surface area contributed by atoms with Gasteiger partial charge in [0, 0.05) is 11.3 Å². The maximum atomic E-state index is 10.4. The molecule has 19 heavy (non-hydrogen) atoms. The molecule has 1 atom stereocenters. The van der Waals surface area contributed by atoms with Crippen molar-refractivity contribution in [3.05, 3.63) is 44.6 Å². The minimum atomic E-state index is -0.656. The van der Waals surface area contributed by atoms with Gasteiger partial charge < -0.3 is 14.6 Å². The second kappa shape index (κ2) is 6.41. The number of methoxy groups -OCH3 is 2. The van der Waals surface area contributed by atoms with Crippen LogP contribution in [0.1, 0.15) is 16.5 Å². The number of ether oxygens (including phenoxy) is 2. The average Bonchev–Trinajstić information content (AvgIpc) is 2.82. The van der Waals surface area contributed by atoms with E-state index in [9.17, 15) is 5.11 Å². The first-order valence-corrected chi connectivity index (χ1v) is 7.39. The third kappa shape index (κ3) is 3.29. The second-order valence-electron chi connectivity index (χ2n) is 4.00. The first-order chi connectivity index (χ1) is 9.15. The minimum absolute atomic E-state index is 0.535. The van der Waals surface area contributed by atoms with Gasteiger partial charge in [-0.1, -0.05) is 6.07 Å². The van der Waals surface area contributed by atoms with Crippen LogP contribution in [0.5, 0.6) is 11.5 Å². The van der Waals surface area contributed by atoms with Gasteiger partial charge in [0.05, 0.1) is 29.7 Å². The summed E-state index contributed by atoms with van der Waals surface area (Å²) in [5.74, 6) is 1.28. The van der Waals surface area contributed by atoms with Gasteiger partial charge in [-0.3, -0.25) is 0 Å². The molecule has 0 aliphatic carbocycles. The third-order valence-electron chi connectivity index (χ3n) is 2.82. The Morgan fingerprint density at radius 2 is 1.79 bits per heavy atom. The van der Waals surface area contributed by atoms with Crippen molar-refractivity contribution < 1.29 is 14.6 Å². The van der Waals surface area contributed by atoms with Crippen molar-refractivity contribution in [1.82, 2.24) is 0 Å². The first kappa shape index (κ1) is 14.4. The molecule has 1 unspecified atom stereocenters. The lowest BCUT2D eigenvalue weighted by atomic mass is 10.0. The third-order valence-corrected chi connectivity index (χ3v) is 4.47. The summed E-state index contributed by atoms with van der Waals surface area (Å²) in [7, 11) is 3.18. The normalized spacial score (nSPS) is 12.2. The van der Waals surface area contributed by atoms with Crippen LogP contribution in [0.2, 0.25) is 0 Å². The zero-order valence-corrected chi connectivity index (χ0v) is 13.1. The standard InChI is InChI=1S/C14H15BrO3S/c1-17-11-4-3-5-12(18-2)14(11)10(16)8-9-6-7-13(15)19-9/h3-7,10,16H,8H2,1-2H3. The Labute approximate surface area is 124 Å². The number of benzene rings is 1. The maximum Gasteiger partial charge on any atom is 0.128 e. The van der Waals surface area contributed by atoms with E-state index in [0.717, 1.165) is 8.66 Å². The van der Waals surface area contributed by atoms with Crippen molar-refractivity contribution in [2.45, 2.75) is 12.5 Å². The predicted molar refractivity (Wildman–Crippen MR) is 80.2 cm³/mol. The Morgan fingerprint density at radius 1 is 1.16 bits per heavy atom. The summed E-state index contributed by atoms with van der Waals surface area (Å²) in [4.78, 5) is 1.10. The highest BCUT2D eigenvalue weighted by Gasteiger charge is 2.19. The van der Waals surface area contributed by atoms with Crippen molar-refractivity contribution in [2.24, 2.45) is 0 Å². The van der Waals surface area contributed by atoms with Crippen molar-refractivity contribution in [1.29, 1.82) is 0 Å². The molecule has 2 rings (SSSR count). The van der Waals surface area contributed by atoms with Gasteiger partial charge in [0.1, 0.15) is 11.5 Å². The van der Waals surface area contributed by atoms with Crippen LogP contribution in [0.15, 0.2) is 34.1 Å². The minimum Gasteiger partial charge on any atom is -0.496 e. The molecule has 0 saturated carbocycles. The molecule has 1 aromatic carbocycles. The van der Waals surface area contributed by atoms with E-state index in [1.807, 2.05) is 30.3 Å². The van der Waals surface area contributed by atoms with E-state index in [2.05, 4.69) is 15.9 Å². The van der Waals surface area contributed by atoms with Crippen molar-refractivity contribution >= 4 is 27.3 Å². The monoisotopic (exact) mass is 342 g/mol. The summed E-state index contributed by atoms with van der Waals surface area (Å²) in [5, 5.41) is 10.4.